The summed E-state index contributed by atoms with van der Waals surface area (Å²) in [5.41, 5.74) is 1.83. The van der Waals surface area contributed by atoms with Gasteiger partial charge < -0.3 is 10.6 Å². The first-order chi connectivity index (χ1) is 9.75. The molecule has 0 radical (unpaired) electrons. The maximum atomic E-state index is 12.0. The molecule has 112 valence electrons. The fraction of sp³-hybridized carbons (Fsp3) is 0.400. The third-order valence-corrected chi connectivity index (χ3v) is 3.28. The van der Waals surface area contributed by atoms with Crippen molar-refractivity contribution in [3.63, 3.8) is 0 Å². The molecule has 6 heteroatoms. The molecule has 3 N–H and O–H groups in total. The van der Waals surface area contributed by atoms with Crippen LogP contribution in [0.25, 0.3) is 0 Å². The number of anilines is 1. The van der Waals surface area contributed by atoms with Gasteiger partial charge in [-0.25, -0.2) is 4.79 Å². The molecule has 0 bridgehead atoms. The van der Waals surface area contributed by atoms with E-state index in [-0.39, 0.29) is 11.8 Å². The van der Waals surface area contributed by atoms with E-state index in [4.69, 9.17) is 0 Å². The van der Waals surface area contributed by atoms with Crippen molar-refractivity contribution >= 4 is 23.5 Å². The molecule has 1 aliphatic heterocycles. The lowest BCUT2D eigenvalue weighted by Gasteiger charge is -2.23. The van der Waals surface area contributed by atoms with Crippen LogP contribution in [0.4, 0.5) is 10.5 Å². The lowest BCUT2D eigenvalue weighted by Crippen LogP contribution is -2.56. The Labute approximate surface area is 123 Å². The number of nitrogens with one attached hydrogen (secondary N) is 3. The molecule has 0 aliphatic carbocycles. The van der Waals surface area contributed by atoms with Crippen LogP contribution in [0.2, 0.25) is 0 Å². The molecule has 1 heterocycles. The van der Waals surface area contributed by atoms with Crippen LogP contribution in [0.3, 0.4) is 0 Å². The van der Waals surface area contributed by atoms with Gasteiger partial charge >= 0.3 is 6.03 Å². The summed E-state index contributed by atoms with van der Waals surface area (Å²) in [4.78, 5) is 34.5. The lowest BCUT2D eigenvalue weighted by molar-refractivity contribution is -0.126. The highest BCUT2D eigenvalue weighted by atomic mass is 16.2. The first kappa shape index (κ1) is 15.0. The molecule has 1 aliphatic rings. The van der Waals surface area contributed by atoms with Crippen molar-refractivity contribution in [3.8, 4) is 0 Å². The lowest BCUT2D eigenvalue weighted by atomic mass is 9.87. The van der Waals surface area contributed by atoms with Crippen LogP contribution in [0.15, 0.2) is 24.3 Å². The molecule has 0 aromatic heterocycles. The third-order valence-electron chi connectivity index (χ3n) is 3.28. The van der Waals surface area contributed by atoms with Crippen molar-refractivity contribution in [2.45, 2.75) is 38.6 Å². The molecule has 1 aromatic rings. The Kier molecular flexibility index (Phi) is 3.97. The van der Waals surface area contributed by atoms with Crippen LogP contribution in [-0.2, 0) is 15.0 Å². The van der Waals surface area contributed by atoms with Gasteiger partial charge in [-0.3, -0.25) is 14.9 Å². The Morgan fingerprint density at radius 3 is 2.33 bits per heavy atom. The van der Waals surface area contributed by atoms with Crippen molar-refractivity contribution in [3.05, 3.63) is 29.8 Å². The Balaban J connectivity index is 2.02. The average Bonchev–Trinajstić information content (AvgIpc) is 2.37. The molecular weight excluding hydrogens is 270 g/mol. The number of amides is 4. The van der Waals surface area contributed by atoms with Crippen LogP contribution in [0.1, 0.15) is 32.8 Å². The first-order valence-corrected chi connectivity index (χ1v) is 6.77. The van der Waals surface area contributed by atoms with E-state index < -0.39 is 23.9 Å². The van der Waals surface area contributed by atoms with Gasteiger partial charge in [-0.1, -0.05) is 32.9 Å². The van der Waals surface area contributed by atoms with Gasteiger partial charge in [-0.2, -0.15) is 0 Å². The number of urea groups is 1. The number of carbonyl (C=O) groups is 3. The summed E-state index contributed by atoms with van der Waals surface area (Å²) in [6.45, 7) is 6.32. The molecule has 0 saturated carbocycles. The van der Waals surface area contributed by atoms with Gasteiger partial charge in [-0.15, -0.1) is 0 Å². The summed E-state index contributed by atoms with van der Waals surface area (Å²) < 4.78 is 0. The van der Waals surface area contributed by atoms with E-state index in [0.29, 0.717) is 5.69 Å². The van der Waals surface area contributed by atoms with Gasteiger partial charge in [0.25, 0.3) is 0 Å². The molecule has 1 unspecified atom stereocenters. The Morgan fingerprint density at radius 1 is 1.19 bits per heavy atom. The number of hydrogen-bond donors (Lipinski definition) is 3. The Morgan fingerprint density at radius 2 is 1.81 bits per heavy atom. The van der Waals surface area contributed by atoms with Crippen molar-refractivity contribution < 1.29 is 14.4 Å². The highest BCUT2D eigenvalue weighted by Crippen LogP contribution is 2.23. The van der Waals surface area contributed by atoms with E-state index in [1.807, 2.05) is 24.3 Å². The van der Waals surface area contributed by atoms with Crippen molar-refractivity contribution in [2.24, 2.45) is 0 Å². The molecule has 1 atom stereocenters. The predicted octanol–water partition coefficient (Wildman–Crippen LogP) is 1.52. The molecule has 1 aromatic carbocycles. The molecule has 21 heavy (non-hydrogen) atoms. The molecular formula is C15H19N3O3. The number of rotatable bonds is 2. The highest BCUT2D eigenvalue weighted by Gasteiger charge is 2.29. The molecule has 2 rings (SSSR count). The maximum Gasteiger partial charge on any atom is 0.322 e. The maximum absolute atomic E-state index is 12.0. The van der Waals surface area contributed by atoms with Crippen molar-refractivity contribution in [2.75, 3.05) is 5.32 Å². The SMILES string of the molecule is CC(C)(C)c1ccc(NC(=O)C2CC(=O)NC(=O)N2)cc1. The van der Waals surface area contributed by atoms with Crippen molar-refractivity contribution in [1.29, 1.82) is 0 Å². The fourth-order valence-electron chi connectivity index (χ4n) is 2.05. The number of hydrogen-bond acceptors (Lipinski definition) is 3. The molecule has 1 fully saturated rings. The molecule has 6 nitrogen and oxygen atoms in total. The van der Waals surface area contributed by atoms with Gasteiger partial charge in [-0.05, 0) is 23.1 Å². The summed E-state index contributed by atoms with van der Waals surface area (Å²) in [6, 6.07) is 6.03. The van der Waals surface area contributed by atoms with E-state index in [9.17, 15) is 14.4 Å². The van der Waals surface area contributed by atoms with Gasteiger partial charge in [0.2, 0.25) is 11.8 Å². The summed E-state index contributed by atoms with van der Waals surface area (Å²) >= 11 is 0. The zero-order chi connectivity index (χ0) is 15.6. The Hall–Kier alpha value is -2.37. The van der Waals surface area contributed by atoms with E-state index in [1.54, 1.807) is 0 Å². The summed E-state index contributed by atoms with van der Waals surface area (Å²) in [5, 5.41) is 7.20. The van der Waals surface area contributed by atoms with Crippen molar-refractivity contribution in [1.82, 2.24) is 10.6 Å². The number of imide groups is 1. The molecule has 1 saturated heterocycles. The van der Waals surface area contributed by atoms with E-state index in [1.165, 1.54) is 0 Å². The van der Waals surface area contributed by atoms with Crippen LogP contribution in [0.5, 0.6) is 0 Å². The average molecular weight is 289 g/mol. The normalized spacial score (nSPS) is 18.7. The zero-order valence-corrected chi connectivity index (χ0v) is 12.3. The van der Waals surface area contributed by atoms with Crippen LogP contribution >= 0.6 is 0 Å². The highest BCUT2D eigenvalue weighted by molar-refractivity contribution is 6.05. The zero-order valence-electron chi connectivity index (χ0n) is 12.3. The first-order valence-electron chi connectivity index (χ1n) is 6.77. The minimum Gasteiger partial charge on any atom is -0.325 e. The minimum atomic E-state index is -0.839. The molecule has 0 spiro atoms. The third kappa shape index (κ3) is 3.81. The predicted molar refractivity (Wildman–Crippen MR) is 78.9 cm³/mol. The van der Waals surface area contributed by atoms with Crippen LogP contribution < -0.4 is 16.0 Å². The van der Waals surface area contributed by atoms with Gasteiger partial charge in [0.1, 0.15) is 6.04 Å². The second kappa shape index (κ2) is 5.55. The summed E-state index contributed by atoms with van der Waals surface area (Å²) in [6.07, 6.45) is -0.0579. The van der Waals surface area contributed by atoms with Crippen LogP contribution in [-0.4, -0.2) is 23.9 Å². The van der Waals surface area contributed by atoms with E-state index in [0.717, 1.165) is 5.56 Å². The number of carbonyl (C=O) groups excluding carboxylic acids is 3. The van der Waals surface area contributed by atoms with Gasteiger partial charge in [0.15, 0.2) is 0 Å². The topological polar surface area (TPSA) is 87.3 Å². The minimum absolute atomic E-state index is 0.0397. The van der Waals surface area contributed by atoms with Crippen LogP contribution in [0, 0.1) is 0 Å². The van der Waals surface area contributed by atoms with Gasteiger partial charge in [0.05, 0.1) is 6.42 Å². The monoisotopic (exact) mass is 289 g/mol. The number of benzene rings is 1. The second-order valence-electron chi connectivity index (χ2n) is 6.09. The van der Waals surface area contributed by atoms with Gasteiger partial charge in [0, 0.05) is 5.69 Å². The standard InChI is InChI=1S/C15H19N3O3/c1-15(2,3)9-4-6-10(7-5-9)16-13(20)11-8-12(19)18-14(21)17-11/h4-7,11H,8H2,1-3H3,(H,16,20)(H2,17,18,19,21). The van der Waals surface area contributed by atoms with E-state index in [2.05, 4.69) is 36.7 Å². The van der Waals surface area contributed by atoms with E-state index >= 15 is 0 Å². The summed E-state index contributed by atoms with van der Waals surface area (Å²) in [7, 11) is 0. The fourth-order valence-corrected chi connectivity index (χ4v) is 2.05. The second-order valence-corrected chi connectivity index (χ2v) is 6.09. The largest absolute Gasteiger partial charge is 0.325 e. The Bertz CT molecular complexity index is 557. The quantitative estimate of drug-likeness (QED) is 0.771. The molecule has 4 amide bonds. The smallest absolute Gasteiger partial charge is 0.322 e. The summed E-state index contributed by atoms with van der Waals surface area (Å²) in [5.74, 6) is -0.858.